The molecule has 2 heterocycles. The first-order chi connectivity index (χ1) is 11.2. The van der Waals surface area contributed by atoms with Gasteiger partial charge in [-0.25, -0.2) is 0 Å². The number of nitrogens with zero attached hydrogens (tertiary/aromatic N) is 2. The van der Waals surface area contributed by atoms with E-state index in [0.717, 1.165) is 50.8 Å². The Balaban J connectivity index is 2.00. The molecule has 3 rings (SSSR count). The zero-order chi connectivity index (χ0) is 16.4. The van der Waals surface area contributed by atoms with Crippen LogP contribution in [-0.2, 0) is 6.54 Å². The number of methoxy groups -OCH3 is 3. The molecule has 0 aromatic heterocycles. The van der Waals surface area contributed by atoms with Gasteiger partial charge in [-0.3, -0.25) is 4.90 Å². The lowest BCUT2D eigenvalue weighted by Gasteiger charge is -2.41. The molecule has 2 aliphatic rings. The van der Waals surface area contributed by atoms with Gasteiger partial charge in [-0.2, -0.15) is 0 Å². The molecule has 1 aromatic rings. The molecule has 0 spiro atoms. The average molecular weight is 321 g/mol. The van der Waals surface area contributed by atoms with Crippen LogP contribution in [0.5, 0.6) is 17.2 Å². The summed E-state index contributed by atoms with van der Waals surface area (Å²) >= 11 is 0. The van der Waals surface area contributed by atoms with E-state index in [1.54, 1.807) is 21.3 Å². The van der Waals surface area contributed by atoms with Gasteiger partial charge in [0, 0.05) is 50.9 Å². The normalized spacial score (nSPS) is 22.5. The van der Waals surface area contributed by atoms with Crippen molar-refractivity contribution in [3.8, 4) is 17.2 Å². The van der Waals surface area contributed by atoms with E-state index in [4.69, 9.17) is 14.2 Å². The van der Waals surface area contributed by atoms with Crippen molar-refractivity contribution in [2.75, 3.05) is 61.1 Å². The van der Waals surface area contributed by atoms with Crippen molar-refractivity contribution < 1.29 is 14.2 Å². The van der Waals surface area contributed by atoms with Crippen molar-refractivity contribution in [1.82, 2.24) is 15.1 Å². The van der Waals surface area contributed by atoms with Crippen LogP contribution in [0.3, 0.4) is 0 Å². The highest BCUT2D eigenvalue weighted by Gasteiger charge is 2.32. The molecule has 1 atom stereocenters. The second kappa shape index (κ2) is 6.95. The quantitative estimate of drug-likeness (QED) is 0.896. The maximum atomic E-state index is 5.66. The van der Waals surface area contributed by atoms with Crippen LogP contribution in [0.1, 0.15) is 17.2 Å². The van der Waals surface area contributed by atoms with Crippen molar-refractivity contribution in [2.24, 2.45) is 0 Å². The summed E-state index contributed by atoms with van der Waals surface area (Å²) < 4.78 is 16.7. The third-order valence-electron chi connectivity index (χ3n) is 4.94. The fraction of sp³-hybridized carbons (Fsp3) is 0.647. The van der Waals surface area contributed by atoms with E-state index < -0.39 is 0 Å². The van der Waals surface area contributed by atoms with Crippen molar-refractivity contribution >= 4 is 0 Å². The molecule has 0 saturated carbocycles. The molecule has 1 saturated heterocycles. The first-order valence-electron chi connectivity index (χ1n) is 8.14. The minimum Gasteiger partial charge on any atom is -0.493 e. The number of piperazine rings is 1. The number of rotatable bonds is 4. The minimum absolute atomic E-state index is 0.348. The summed E-state index contributed by atoms with van der Waals surface area (Å²) in [4.78, 5) is 4.93. The van der Waals surface area contributed by atoms with Crippen LogP contribution in [0, 0.1) is 0 Å². The van der Waals surface area contributed by atoms with Crippen LogP contribution in [0.2, 0.25) is 0 Å². The Bertz CT molecular complexity index is 557. The van der Waals surface area contributed by atoms with E-state index in [1.807, 2.05) is 0 Å². The molecule has 23 heavy (non-hydrogen) atoms. The van der Waals surface area contributed by atoms with Gasteiger partial charge in [0.15, 0.2) is 11.5 Å². The fourth-order valence-corrected chi connectivity index (χ4v) is 3.62. The maximum absolute atomic E-state index is 5.66. The standard InChI is InChI=1S/C17H27N3O3/c1-19-5-7-20(8-6-19)14-11-18-10-13-12(14)9-15(21-2)17(23-4)16(13)22-3/h9,14,18H,5-8,10-11H2,1-4H3/t14-/m0/s1. The Labute approximate surface area is 138 Å². The SMILES string of the molecule is COc1cc2c(c(OC)c1OC)CNC[C@@H]2N1CCN(C)CC1. The van der Waals surface area contributed by atoms with E-state index in [-0.39, 0.29) is 0 Å². The summed E-state index contributed by atoms with van der Waals surface area (Å²) in [6, 6.07) is 2.47. The van der Waals surface area contributed by atoms with Gasteiger partial charge in [0.25, 0.3) is 0 Å². The van der Waals surface area contributed by atoms with Gasteiger partial charge in [-0.15, -0.1) is 0 Å². The van der Waals surface area contributed by atoms with Crippen molar-refractivity contribution in [3.05, 3.63) is 17.2 Å². The van der Waals surface area contributed by atoms with Crippen LogP contribution in [-0.4, -0.2) is 70.9 Å². The lowest BCUT2D eigenvalue weighted by molar-refractivity contribution is 0.106. The summed E-state index contributed by atoms with van der Waals surface area (Å²) in [7, 11) is 7.20. The summed E-state index contributed by atoms with van der Waals surface area (Å²) in [6.07, 6.45) is 0. The Kier molecular flexibility index (Phi) is 4.94. The number of benzene rings is 1. The topological polar surface area (TPSA) is 46.2 Å². The van der Waals surface area contributed by atoms with E-state index in [2.05, 4.69) is 28.2 Å². The van der Waals surface area contributed by atoms with Gasteiger partial charge in [0.1, 0.15) is 0 Å². The third kappa shape index (κ3) is 2.98. The number of nitrogens with one attached hydrogen (secondary N) is 1. The molecule has 1 fully saturated rings. The largest absolute Gasteiger partial charge is 0.493 e. The zero-order valence-corrected chi connectivity index (χ0v) is 14.5. The Morgan fingerprint density at radius 2 is 1.70 bits per heavy atom. The van der Waals surface area contributed by atoms with Crippen LogP contribution >= 0.6 is 0 Å². The lowest BCUT2D eigenvalue weighted by atomic mass is 9.93. The second-order valence-electron chi connectivity index (χ2n) is 6.20. The third-order valence-corrected chi connectivity index (χ3v) is 4.94. The van der Waals surface area contributed by atoms with Gasteiger partial charge >= 0.3 is 0 Å². The molecule has 6 nitrogen and oxygen atoms in total. The Morgan fingerprint density at radius 1 is 1.00 bits per heavy atom. The summed E-state index contributed by atoms with van der Waals surface area (Å²) in [5, 5.41) is 3.53. The summed E-state index contributed by atoms with van der Waals surface area (Å²) in [5.41, 5.74) is 2.48. The zero-order valence-electron chi connectivity index (χ0n) is 14.5. The number of hydrogen-bond acceptors (Lipinski definition) is 6. The maximum Gasteiger partial charge on any atom is 0.203 e. The summed E-state index contributed by atoms with van der Waals surface area (Å²) in [5.74, 6) is 2.20. The van der Waals surface area contributed by atoms with Crippen LogP contribution in [0.25, 0.3) is 0 Å². The van der Waals surface area contributed by atoms with Crippen LogP contribution in [0.15, 0.2) is 6.07 Å². The van der Waals surface area contributed by atoms with E-state index in [0.29, 0.717) is 11.8 Å². The van der Waals surface area contributed by atoms with Crippen molar-refractivity contribution in [1.29, 1.82) is 0 Å². The van der Waals surface area contributed by atoms with E-state index in [9.17, 15) is 0 Å². The Hall–Kier alpha value is -1.50. The van der Waals surface area contributed by atoms with Crippen LogP contribution < -0.4 is 19.5 Å². The number of likely N-dealkylation sites (N-methyl/N-ethyl adjacent to an activating group) is 1. The first-order valence-corrected chi connectivity index (χ1v) is 8.14. The molecular formula is C17H27N3O3. The number of fused-ring (bicyclic) bond motifs is 1. The summed E-state index contributed by atoms with van der Waals surface area (Å²) in [6.45, 7) is 6.13. The molecule has 1 N–H and O–H groups in total. The van der Waals surface area contributed by atoms with Gasteiger partial charge in [-0.05, 0) is 18.7 Å². The highest BCUT2D eigenvalue weighted by molar-refractivity contribution is 5.60. The molecule has 0 aliphatic carbocycles. The molecule has 2 aliphatic heterocycles. The monoisotopic (exact) mass is 321 g/mol. The smallest absolute Gasteiger partial charge is 0.203 e. The molecule has 128 valence electrons. The van der Waals surface area contributed by atoms with Gasteiger partial charge < -0.3 is 24.4 Å². The predicted octanol–water partition coefficient (Wildman–Crippen LogP) is 1.10. The van der Waals surface area contributed by atoms with Gasteiger partial charge in [-0.1, -0.05) is 0 Å². The van der Waals surface area contributed by atoms with Gasteiger partial charge in [0.05, 0.1) is 21.3 Å². The number of hydrogen-bond donors (Lipinski definition) is 1. The van der Waals surface area contributed by atoms with E-state index in [1.165, 1.54) is 11.1 Å². The molecule has 0 bridgehead atoms. The van der Waals surface area contributed by atoms with Crippen LogP contribution in [0.4, 0.5) is 0 Å². The lowest BCUT2D eigenvalue weighted by Crippen LogP contribution is -2.49. The number of ether oxygens (including phenoxy) is 3. The Morgan fingerprint density at radius 3 is 2.30 bits per heavy atom. The minimum atomic E-state index is 0.348. The van der Waals surface area contributed by atoms with Gasteiger partial charge in [0.2, 0.25) is 5.75 Å². The van der Waals surface area contributed by atoms with Crippen molar-refractivity contribution in [2.45, 2.75) is 12.6 Å². The van der Waals surface area contributed by atoms with Crippen molar-refractivity contribution in [3.63, 3.8) is 0 Å². The fourth-order valence-electron chi connectivity index (χ4n) is 3.62. The van der Waals surface area contributed by atoms with E-state index >= 15 is 0 Å². The molecular weight excluding hydrogens is 294 g/mol. The molecule has 0 amide bonds. The highest BCUT2D eigenvalue weighted by Crippen LogP contribution is 2.45. The molecule has 6 heteroatoms. The average Bonchev–Trinajstić information content (AvgIpc) is 2.60. The molecule has 0 unspecified atom stereocenters. The first kappa shape index (κ1) is 16.4. The highest BCUT2D eigenvalue weighted by atomic mass is 16.5. The predicted molar refractivity (Wildman–Crippen MR) is 89.6 cm³/mol. The second-order valence-corrected chi connectivity index (χ2v) is 6.20. The molecule has 0 radical (unpaired) electrons. The molecule has 1 aromatic carbocycles.